The van der Waals surface area contributed by atoms with E-state index < -0.39 is 4.92 Å². The molecule has 2 atom stereocenters. The van der Waals surface area contributed by atoms with Crippen LogP contribution >= 0.6 is 0 Å². The van der Waals surface area contributed by atoms with Gasteiger partial charge in [-0.15, -0.1) is 0 Å². The van der Waals surface area contributed by atoms with Crippen LogP contribution in [0.2, 0.25) is 0 Å². The van der Waals surface area contributed by atoms with E-state index in [2.05, 4.69) is 17.2 Å². The van der Waals surface area contributed by atoms with Crippen molar-refractivity contribution >= 4 is 22.8 Å². The van der Waals surface area contributed by atoms with Gasteiger partial charge in [-0.25, -0.2) is 0 Å². The summed E-state index contributed by atoms with van der Waals surface area (Å²) in [6.07, 6.45) is 4.71. The van der Waals surface area contributed by atoms with Gasteiger partial charge in [0.25, 0.3) is 11.7 Å². The largest absolute Gasteiger partial charge is 0.424 e. The molecule has 1 saturated carbocycles. The standard InChI is InChI=1S/C14H17N3O3/c1-9-3-2-4-10(7-9)15-14-16-12-8-11(17(18)19)5-6-13(12)20-14/h5-6,8-10H,2-4,7H2,1H3,(H,15,16). The molecule has 1 aliphatic carbocycles. The smallest absolute Gasteiger partial charge is 0.295 e. The Hall–Kier alpha value is -2.11. The second-order valence-electron chi connectivity index (χ2n) is 5.54. The van der Waals surface area contributed by atoms with Gasteiger partial charge in [-0.1, -0.05) is 19.8 Å². The summed E-state index contributed by atoms with van der Waals surface area (Å²) in [6.45, 7) is 2.25. The highest BCUT2D eigenvalue weighted by Crippen LogP contribution is 2.28. The highest BCUT2D eigenvalue weighted by atomic mass is 16.6. The number of hydrogen-bond donors (Lipinski definition) is 1. The van der Waals surface area contributed by atoms with Gasteiger partial charge in [0.2, 0.25) is 0 Å². The predicted molar refractivity (Wildman–Crippen MR) is 75.7 cm³/mol. The molecule has 1 N–H and O–H groups in total. The number of benzene rings is 1. The molecule has 2 aromatic rings. The summed E-state index contributed by atoms with van der Waals surface area (Å²) in [4.78, 5) is 14.6. The second kappa shape index (κ2) is 5.11. The maximum absolute atomic E-state index is 10.7. The molecule has 1 heterocycles. The van der Waals surface area contributed by atoms with E-state index in [0.29, 0.717) is 29.1 Å². The molecule has 1 aliphatic rings. The summed E-state index contributed by atoms with van der Waals surface area (Å²) >= 11 is 0. The lowest BCUT2D eigenvalue weighted by atomic mass is 9.87. The minimum absolute atomic E-state index is 0.0311. The van der Waals surface area contributed by atoms with E-state index in [1.807, 2.05) is 0 Å². The number of fused-ring (bicyclic) bond motifs is 1. The monoisotopic (exact) mass is 275 g/mol. The average molecular weight is 275 g/mol. The fourth-order valence-corrected chi connectivity index (χ4v) is 2.83. The third-order valence-corrected chi connectivity index (χ3v) is 3.85. The highest BCUT2D eigenvalue weighted by molar-refractivity contribution is 5.77. The Labute approximate surface area is 116 Å². The van der Waals surface area contributed by atoms with Crippen LogP contribution in [0, 0.1) is 16.0 Å². The SMILES string of the molecule is CC1CCCC(Nc2nc3cc([N+](=O)[O-])ccc3o2)C1. The minimum Gasteiger partial charge on any atom is -0.424 e. The molecule has 20 heavy (non-hydrogen) atoms. The molecule has 0 spiro atoms. The van der Waals surface area contributed by atoms with Crippen molar-refractivity contribution in [2.75, 3.05) is 5.32 Å². The van der Waals surface area contributed by atoms with Crippen molar-refractivity contribution < 1.29 is 9.34 Å². The van der Waals surface area contributed by atoms with Gasteiger partial charge in [-0.2, -0.15) is 4.98 Å². The van der Waals surface area contributed by atoms with Crippen LogP contribution in [0.15, 0.2) is 22.6 Å². The molecule has 0 aliphatic heterocycles. The number of nitrogens with zero attached hydrogens (tertiary/aromatic N) is 2. The maximum atomic E-state index is 10.7. The first-order valence-corrected chi connectivity index (χ1v) is 6.93. The number of non-ortho nitro benzene ring substituents is 1. The number of anilines is 1. The molecule has 1 fully saturated rings. The molecule has 2 unspecified atom stereocenters. The van der Waals surface area contributed by atoms with E-state index in [1.165, 1.54) is 25.0 Å². The lowest BCUT2D eigenvalue weighted by Crippen LogP contribution is -2.26. The van der Waals surface area contributed by atoms with Gasteiger partial charge >= 0.3 is 0 Å². The summed E-state index contributed by atoms with van der Waals surface area (Å²) in [5.74, 6) is 0.715. The molecule has 1 aromatic carbocycles. The number of rotatable bonds is 3. The molecule has 0 saturated heterocycles. The average Bonchev–Trinajstić information content (AvgIpc) is 2.79. The molecule has 6 nitrogen and oxygen atoms in total. The first kappa shape index (κ1) is 12.9. The normalized spacial score (nSPS) is 22.9. The van der Waals surface area contributed by atoms with E-state index >= 15 is 0 Å². The van der Waals surface area contributed by atoms with Crippen molar-refractivity contribution in [2.24, 2.45) is 5.92 Å². The Balaban J connectivity index is 1.80. The van der Waals surface area contributed by atoms with Gasteiger partial charge < -0.3 is 9.73 Å². The van der Waals surface area contributed by atoms with E-state index in [0.717, 1.165) is 12.8 Å². The van der Waals surface area contributed by atoms with Crippen molar-refractivity contribution in [1.82, 2.24) is 4.98 Å². The Kier molecular flexibility index (Phi) is 3.30. The molecule has 0 bridgehead atoms. The Morgan fingerprint density at radius 3 is 3.05 bits per heavy atom. The number of aromatic nitrogens is 1. The third-order valence-electron chi connectivity index (χ3n) is 3.85. The Morgan fingerprint density at radius 2 is 2.30 bits per heavy atom. The second-order valence-corrected chi connectivity index (χ2v) is 5.54. The summed E-state index contributed by atoms with van der Waals surface area (Å²) in [5, 5.41) is 14.0. The number of nitrogens with one attached hydrogen (secondary N) is 1. The van der Waals surface area contributed by atoms with Crippen molar-refractivity contribution in [3.63, 3.8) is 0 Å². The van der Waals surface area contributed by atoms with Gasteiger partial charge in [-0.3, -0.25) is 10.1 Å². The third kappa shape index (κ3) is 2.59. The quantitative estimate of drug-likeness (QED) is 0.681. The molecule has 6 heteroatoms. The zero-order valence-electron chi connectivity index (χ0n) is 11.3. The Morgan fingerprint density at radius 1 is 1.45 bits per heavy atom. The van der Waals surface area contributed by atoms with Crippen LogP contribution in [0.5, 0.6) is 0 Å². The maximum Gasteiger partial charge on any atom is 0.295 e. The van der Waals surface area contributed by atoms with Crippen molar-refractivity contribution in [3.8, 4) is 0 Å². The fraction of sp³-hybridized carbons (Fsp3) is 0.500. The zero-order valence-corrected chi connectivity index (χ0v) is 11.3. The molecular formula is C14H17N3O3. The minimum atomic E-state index is -0.427. The van der Waals surface area contributed by atoms with Gasteiger partial charge in [0.05, 0.1) is 4.92 Å². The first-order valence-electron chi connectivity index (χ1n) is 6.93. The molecular weight excluding hydrogens is 258 g/mol. The van der Waals surface area contributed by atoms with Crippen LogP contribution in [-0.4, -0.2) is 15.9 Å². The van der Waals surface area contributed by atoms with E-state index in [9.17, 15) is 10.1 Å². The first-order chi connectivity index (χ1) is 9.61. The van der Waals surface area contributed by atoms with E-state index in [4.69, 9.17) is 4.42 Å². The van der Waals surface area contributed by atoms with E-state index in [-0.39, 0.29) is 5.69 Å². The predicted octanol–water partition coefficient (Wildman–Crippen LogP) is 3.73. The lowest BCUT2D eigenvalue weighted by Gasteiger charge is -2.26. The molecule has 3 rings (SSSR count). The summed E-state index contributed by atoms with van der Waals surface area (Å²) in [6, 6.07) is 5.30. The number of nitro benzene ring substituents is 1. The van der Waals surface area contributed by atoms with Crippen LogP contribution in [-0.2, 0) is 0 Å². The van der Waals surface area contributed by atoms with Gasteiger partial charge in [0, 0.05) is 18.2 Å². The summed E-state index contributed by atoms with van der Waals surface area (Å²) in [5.41, 5.74) is 1.12. The van der Waals surface area contributed by atoms with E-state index in [1.54, 1.807) is 6.07 Å². The van der Waals surface area contributed by atoms with Crippen LogP contribution in [0.4, 0.5) is 11.7 Å². The van der Waals surface area contributed by atoms with Crippen LogP contribution in [0.25, 0.3) is 11.1 Å². The summed E-state index contributed by atoms with van der Waals surface area (Å²) in [7, 11) is 0. The topological polar surface area (TPSA) is 81.2 Å². The molecule has 0 amide bonds. The van der Waals surface area contributed by atoms with Crippen LogP contribution in [0.3, 0.4) is 0 Å². The lowest BCUT2D eigenvalue weighted by molar-refractivity contribution is -0.384. The molecule has 0 radical (unpaired) electrons. The fourth-order valence-electron chi connectivity index (χ4n) is 2.83. The number of hydrogen-bond acceptors (Lipinski definition) is 5. The van der Waals surface area contributed by atoms with Gasteiger partial charge in [-0.05, 0) is 24.8 Å². The number of oxazole rings is 1. The number of nitro groups is 1. The Bertz CT molecular complexity index is 638. The molecule has 106 valence electrons. The molecule has 1 aromatic heterocycles. The van der Waals surface area contributed by atoms with Gasteiger partial charge in [0.1, 0.15) is 5.52 Å². The van der Waals surface area contributed by atoms with Crippen LogP contribution in [0.1, 0.15) is 32.6 Å². The zero-order chi connectivity index (χ0) is 14.1. The van der Waals surface area contributed by atoms with Gasteiger partial charge in [0.15, 0.2) is 5.58 Å². The van der Waals surface area contributed by atoms with Crippen molar-refractivity contribution in [2.45, 2.75) is 38.6 Å². The summed E-state index contributed by atoms with van der Waals surface area (Å²) < 4.78 is 5.60. The van der Waals surface area contributed by atoms with Crippen LogP contribution < -0.4 is 5.32 Å². The highest BCUT2D eigenvalue weighted by Gasteiger charge is 2.20. The van der Waals surface area contributed by atoms with Crippen molar-refractivity contribution in [3.05, 3.63) is 28.3 Å². The van der Waals surface area contributed by atoms with Crippen molar-refractivity contribution in [1.29, 1.82) is 0 Å².